The average Bonchev–Trinajstić information content (AvgIpc) is 2.64. The maximum Gasteiger partial charge on any atom is 0.105 e. The Morgan fingerprint density at radius 1 is 1.53 bits per heavy atom. The van der Waals surface area contributed by atoms with Gasteiger partial charge in [-0.2, -0.15) is 0 Å². The Hall–Kier alpha value is -1.20. The van der Waals surface area contributed by atoms with Crippen LogP contribution >= 0.6 is 0 Å². The Labute approximate surface area is 92.1 Å². The van der Waals surface area contributed by atoms with Crippen LogP contribution in [0.3, 0.4) is 0 Å². The fourth-order valence-corrected chi connectivity index (χ4v) is 1.71. The number of hydrogen-bond acceptors (Lipinski definition) is 2. The zero-order chi connectivity index (χ0) is 11.1. The third-order valence-electron chi connectivity index (χ3n) is 2.46. The molecule has 0 aromatic carbocycles. The molecule has 0 aliphatic rings. The van der Waals surface area contributed by atoms with Crippen LogP contribution < -0.4 is 5.32 Å². The molecule has 1 rings (SSSR count). The summed E-state index contributed by atoms with van der Waals surface area (Å²) in [5, 5.41) is 3.46. The van der Waals surface area contributed by atoms with Gasteiger partial charge in [-0.15, -0.1) is 11.8 Å². The second kappa shape index (κ2) is 6.31. The summed E-state index contributed by atoms with van der Waals surface area (Å²) in [6.07, 6.45) is 3.72. The third-order valence-corrected chi connectivity index (χ3v) is 2.46. The highest BCUT2D eigenvalue weighted by atomic mass is 16.3. The second-order valence-electron chi connectivity index (χ2n) is 3.51. The van der Waals surface area contributed by atoms with Gasteiger partial charge in [0.2, 0.25) is 0 Å². The average molecular weight is 205 g/mol. The van der Waals surface area contributed by atoms with Crippen LogP contribution in [0.2, 0.25) is 0 Å². The SMILES string of the molecule is CC#CCCC(NCC)c1ccoc1C. The molecule has 0 aliphatic carbocycles. The number of nitrogens with one attached hydrogen (secondary N) is 1. The molecule has 0 spiro atoms. The van der Waals surface area contributed by atoms with E-state index in [0.29, 0.717) is 6.04 Å². The summed E-state index contributed by atoms with van der Waals surface area (Å²) in [5.74, 6) is 7.03. The lowest BCUT2D eigenvalue weighted by Gasteiger charge is -2.15. The molecule has 0 bridgehead atoms. The van der Waals surface area contributed by atoms with Crippen molar-refractivity contribution in [3.05, 3.63) is 23.7 Å². The zero-order valence-electron chi connectivity index (χ0n) is 9.76. The lowest BCUT2D eigenvalue weighted by Crippen LogP contribution is -2.20. The molecule has 1 unspecified atom stereocenters. The molecule has 0 radical (unpaired) electrons. The van der Waals surface area contributed by atoms with Crippen molar-refractivity contribution in [2.75, 3.05) is 6.54 Å². The van der Waals surface area contributed by atoms with E-state index in [9.17, 15) is 0 Å². The minimum absolute atomic E-state index is 0.370. The van der Waals surface area contributed by atoms with E-state index >= 15 is 0 Å². The van der Waals surface area contributed by atoms with E-state index < -0.39 is 0 Å². The van der Waals surface area contributed by atoms with Crippen LogP contribution in [-0.4, -0.2) is 6.54 Å². The molecule has 0 fully saturated rings. The van der Waals surface area contributed by atoms with Crippen LogP contribution in [-0.2, 0) is 0 Å². The molecule has 1 atom stereocenters. The number of furan rings is 1. The van der Waals surface area contributed by atoms with Gasteiger partial charge in [-0.25, -0.2) is 0 Å². The van der Waals surface area contributed by atoms with Gasteiger partial charge in [-0.3, -0.25) is 0 Å². The number of aryl methyl sites for hydroxylation is 1. The maximum absolute atomic E-state index is 5.32. The highest BCUT2D eigenvalue weighted by Gasteiger charge is 2.13. The summed E-state index contributed by atoms with van der Waals surface area (Å²) < 4.78 is 5.32. The van der Waals surface area contributed by atoms with Gasteiger partial charge in [0.25, 0.3) is 0 Å². The lowest BCUT2D eigenvalue weighted by molar-refractivity contribution is 0.489. The van der Waals surface area contributed by atoms with Gasteiger partial charge in [0.05, 0.1) is 6.26 Å². The van der Waals surface area contributed by atoms with Crippen LogP contribution in [0.25, 0.3) is 0 Å². The van der Waals surface area contributed by atoms with Gasteiger partial charge in [-0.1, -0.05) is 6.92 Å². The largest absolute Gasteiger partial charge is 0.469 e. The Morgan fingerprint density at radius 3 is 2.87 bits per heavy atom. The minimum atomic E-state index is 0.370. The first-order chi connectivity index (χ1) is 7.29. The van der Waals surface area contributed by atoms with E-state index in [1.807, 2.05) is 19.9 Å². The first kappa shape index (κ1) is 11.9. The summed E-state index contributed by atoms with van der Waals surface area (Å²) in [6, 6.07) is 2.41. The van der Waals surface area contributed by atoms with Crippen molar-refractivity contribution in [3.63, 3.8) is 0 Å². The lowest BCUT2D eigenvalue weighted by atomic mass is 10.0. The highest BCUT2D eigenvalue weighted by molar-refractivity contribution is 5.20. The number of rotatable bonds is 5. The Balaban J connectivity index is 2.64. The van der Waals surface area contributed by atoms with Crippen LogP contribution in [0.15, 0.2) is 16.7 Å². The van der Waals surface area contributed by atoms with E-state index in [1.54, 1.807) is 6.26 Å². The van der Waals surface area contributed by atoms with Crippen molar-refractivity contribution in [1.29, 1.82) is 0 Å². The summed E-state index contributed by atoms with van der Waals surface area (Å²) >= 11 is 0. The molecule has 2 nitrogen and oxygen atoms in total. The molecule has 2 heteroatoms. The van der Waals surface area contributed by atoms with Crippen LogP contribution in [0.1, 0.15) is 44.1 Å². The molecule has 1 aromatic heterocycles. The predicted octanol–water partition coefficient (Wildman–Crippen LogP) is 3.04. The molecule has 1 heterocycles. The second-order valence-corrected chi connectivity index (χ2v) is 3.51. The summed E-state index contributed by atoms with van der Waals surface area (Å²) in [5.41, 5.74) is 1.26. The predicted molar refractivity (Wildman–Crippen MR) is 62.5 cm³/mol. The van der Waals surface area contributed by atoms with Crippen molar-refractivity contribution in [2.24, 2.45) is 0 Å². The van der Waals surface area contributed by atoms with Crippen LogP contribution in [0.5, 0.6) is 0 Å². The number of hydrogen-bond donors (Lipinski definition) is 1. The van der Waals surface area contributed by atoms with Crippen molar-refractivity contribution in [3.8, 4) is 11.8 Å². The Morgan fingerprint density at radius 2 is 2.33 bits per heavy atom. The molecular weight excluding hydrogens is 186 g/mol. The monoisotopic (exact) mass is 205 g/mol. The van der Waals surface area contributed by atoms with E-state index in [-0.39, 0.29) is 0 Å². The zero-order valence-corrected chi connectivity index (χ0v) is 9.76. The van der Waals surface area contributed by atoms with Crippen molar-refractivity contribution >= 4 is 0 Å². The topological polar surface area (TPSA) is 25.2 Å². The van der Waals surface area contributed by atoms with Gasteiger partial charge in [0.1, 0.15) is 5.76 Å². The van der Waals surface area contributed by atoms with E-state index in [4.69, 9.17) is 4.42 Å². The normalized spacial score (nSPS) is 11.9. The van der Waals surface area contributed by atoms with Gasteiger partial charge >= 0.3 is 0 Å². The summed E-state index contributed by atoms with van der Waals surface area (Å²) in [4.78, 5) is 0. The van der Waals surface area contributed by atoms with Gasteiger partial charge in [0.15, 0.2) is 0 Å². The summed E-state index contributed by atoms with van der Waals surface area (Å²) in [7, 11) is 0. The van der Waals surface area contributed by atoms with Gasteiger partial charge in [-0.05, 0) is 32.9 Å². The Kier molecular flexibility index (Phi) is 5.00. The third kappa shape index (κ3) is 3.45. The van der Waals surface area contributed by atoms with Crippen LogP contribution in [0.4, 0.5) is 0 Å². The van der Waals surface area contributed by atoms with Crippen molar-refractivity contribution in [2.45, 2.75) is 39.7 Å². The fourth-order valence-electron chi connectivity index (χ4n) is 1.71. The van der Waals surface area contributed by atoms with Gasteiger partial charge < -0.3 is 9.73 Å². The van der Waals surface area contributed by atoms with E-state index in [2.05, 4.69) is 24.1 Å². The molecule has 0 saturated carbocycles. The smallest absolute Gasteiger partial charge is 0.105 e. The molecule has 1 aromatic rings. The first-order valence-electron chi connectivity index (χ1n) is 5.46. The van der Waals surface area contributed by atoms with Crippen molar-refractivity contribution in [1.82, 2.24) is 5.32 Å². The molecule has 15 heavy (non-hydrogen) atoms. The molecule has 1 N–H and O–H groups in total. The van der Waals surface area contributed by atoms with Gasteiger partial charge in [0, 0.05) is 18.0 Å². The molecule has 82 valence electrons. The minimum Gasteiger partial charge on any atom is -0.469 e. The first-order valence-corrected chi connectivity index (χ1v) is 5.46. The summed E-state index contributed by atoms with van der Waals surface area (Å²) in [6.45, 7) is 6.97. The maximum atomic E-state index is 5.32. The standard InChI is InChI=1S/C13H19NO/c1-4-6-7-8-13(14-5-2)12-9-10-15-11(12)3/h9-10,13-14H,5,7-8H2,1-3H3. The molecular formula is C13H19NO. The quantitative estimate of drug-likeness (QED) is 0.747. The van der Waals surface area contributed by atoms with Crippen molar-refractivity contribution < 1.29 is 4.42 Å². The van der Waals surface area contributed by atoms with E-state index in [1.165, 1.54) is 5.56 Å². The van der Waals surface area contributed by atoms with Crippen LogP contribution in [0, 0.1) is 18.8 Å². The molecule has 0 amide bonds. The molecule has 0 aliphatic heterocycles. The Bertz CT molecular complexity index is 343. The highest BCUT2D eigenvalue weighted by Crippen LogP contribution is 2.22. The fraction of sp³-hybridized carbons (Fsp3) is 0.538. The van der Waals surface area contributed by atoms with E-state index in [0.717, 1.165) is 25.1 Å². The molecule has 0 saturated heterocycles.